The smallest absolute Gasteiger partial charge is 0.134 e. The van der Waals surface area contributed by atoms with Gasteiger partial charge in [-0.05, 0) is 30.5 Å². The highest BCUT2D eigenvalue weighted by Crippen LogP contribution is 2.26. The number of phenols is 1. The van der Waals surface area contributed by atoms with Crippen LogP contribution >= 0.6 is 0 Å². The quantitative estimate of drug-likeness (QED) is 0.687. The van der Waals surface area contributed by atoms with E-state index in [-0.39, 0.29) is 11.8 Å². The number of ketones is 1. The van der Waals surface area contributed by atoms with E-state index in [1.54, 1.807) is 24.3 Å². The minimum atomic E-state index is -0.649. The fourth-order valence-corrected chi connectivity index (χ4v) is 3.33. The maximum Gasteiger partial charge on any atom is 0.134 e. The number of carbonyl (C=O) groups is 1. The van der Waals surface area contributed by atoms with Gasteiger partial charge in [-0.3, -0.25) is 4.79 Å². The van der Waals surface area contributed by atoms with Crippen LogP contribution in [-0.2, 0) is 4.79 Å². The Balaban J connectivity index is 1.68. The summed E-state index contributed by atoms with van der Waals surface area (Å²) >= 11 is 0. The SMILES string of the molecule is CC(NCCC(=O)CC1CCCCC1)C(O)c1ccc(O)cc1. The van der Waals surface area contributed by atoms with Gasteiger partial charge in [-0.25, -0.2) is 0 Å². The average molecular weight is 319 g/mol. The van der Waals surface area contributed by atoms with Gasteiger partial charge in [0, 0.05) is 25.4 Å². The molecule has 1 aliphatic rings. The molecule has 0 heterocycles. The van der Waals surface area contributed by atoms with Crippen LogP contribution in [-0.4, -0.2) is 28.6 Å². The minimum Gasteiger partial charge on any atom is -0.508 e. The number of Topliss-reactive ketones (excluding diaryl/α,β-unsaturated/α-hetero) is 1. The molecule has 1 aromatic carbocycles. The zero-order chi connectivity index (χ0) is 16.7. The molecule has 4 heteroatoms. The third-order valence-corrected chi connectivity index (χ3v) is 4.82. The van der Waals surface area contributed by atoms with Gasteiger partial charge in [0.2, 0.25) is 0 Å². The lowest BCUT2D eigenvalue weighted by molar-refractivity contribution is -0.120. The molecule has 0 bridgehead atoms. The lowest BCUT2D eigenvalue weighted by atomic mass is 9.85. The summed E-state index contributed by atoms with van der Waals surface area (Å²) in [6, 6.07) is 6.43. The number of aromatic hydroxyl groups is 1. The van der Waals surface area contributed by atoms with Crippen LogP contribution in [0.4, 0.5) is 0 Å². The molecule has 1 aromatic rings. The van der Waals surface area contributed by atoms with Gasteiger partial charge in [0.05, 0.1) is 6.10 Å². The van der Waals surface area contributed by atoms with Crippen molar-refractivity contribution in [2.75, 3.05) is 6.54 Å². The van der Waals surface area contributed by atoms with E-state index in [0.29, 0.717) is 24.7 Å². The van der Waals surface area contributed by atoms with Gasteiger partial charge in [0.25, 0.3) is 0 Å². The Morgan fingerprint density at radius 3 is 2.52 bits per heavy atom. The van der Waals surface area contributed by atoms with E-state index in [1.165, 1.54) is 32.1 Å². The van der Waals surface area contributed by atoms with Crippen molar-refractivity contribution in [1.82, 2.24) is 5.32 Å². The summed E-state index contributed by atoms with van der Waals surface area (Å²) in [4.78, 5) is 12.0. The first-order valence-corrected chi connectivity index (χ1v) is 8.78. The predicted molar refractivity (Wildman–Crippen MR) is 91.3 cm³/mol. The standard InChI is InChI=1S/C19H29NO3/c1-14(19(23)16-7-9-17(21)10-8-16)20-12-11-18(22)13-15-5-3-2-4-6-15/h7-10,14-15,19-21,23H,2-6,11-13H2,1H3. The van der Waals surface area contributed by atoms with Gasteiger partial charge in [-0.15, -0.1) is 0 Å². The number of nitrogens with one attached hydrogen (secondary N) is 1. The van der Waals surface area contributed by atoms with Gasteiger partial charge in [0.1, 0.15) is 11.5 Å². The summed E-state index contributed by atoms with van der Waals surface area (Å²) in [6.45, 7) is 2.50. The molecule has 0 amide bonds. The molecule has 0 radical (unpaired) electrons. The maximum absolute atomic E-state index is 12.0. The molecule has 2 unspecified atom stereocenters. The van der Waals surface area contributed by atoms with Crippen molar-refractivity contribution in [2.24, 2.45) is 5.92 Å². The fourth-order valence-electron chi connectivity index (χ4n) is 3.33. The molecule has 1 saturated carbocycles. The largest absolute Gasteiger partial charge is 0.508 e. The summed E-state index contributed by atoms with van der Waals surface area (Å²) in [5.74, 6) is 1.11. The van der Waals surface area contributed by atoms with Crippen molar-refractivity contribution in [3.8, 4) is 5.75 Å². The van der Waals surface area contributed by atoms with Crippen LogP contribution < -0.4 is 5.32 Å². The number of hydrogen-bond acceptors (Lipinski definition) is 4. The second-order valence-electron chi connectivity index (χ2n) is 6.78. The Hall–Kier alpha value is -1.39. The highest BCUT2D eigenvalue weighted by Gasteiger charge is 2.18. The van der Waals surface area contributed by atoms with E-state index in [9.17, 15) is 15.0 Å². The first-order valence-electron chi connectivity index (χ1n) is 8.78. The first kappa shape index (κ1) is 18.0. The number of benzene rings is 1. The second-order valence-corrected chi connectivity index (χ2v) is 6.78. The second kappa shape index (κ2) is 9.04. The van der Waals surface area contributed by atoms with Crippen molar-refractivity contribution >= 4 is 5.78 Å². The third kappa shape index (κ3) is 5.96. The van der Waals surface area contributed by atoms with Crippen molar-refractivity contribution in [2.45, 2.75) is 64.0 Å². The normalized spacial score (nSPS) is 18.5. The van der Waals surface area contributed by atoms with E-state index in [1.807, 2.05) is 6.92 Å². The molecular weight excluding hydrogens is 290 g/mol. The number of carbonyl (C=O) groups excluding carboxylic acids is 1. The van der Waals surface area contributed by atoms with E-state index >= 15 is 0 Å². The average Bonchev–Trinajstić information content (AvgIpc) is 2.55. The topological polar surface area (TPSA) is 69.6 Å². The van der Waals surface area contributed by atoms with Crippen molar-refractivity contribution in [1.29, 1.82) is 0 Å². The molecule has 2 rings (SSSR count). The minimum absolute atomic E-state index is 0.137. The summed E-state index contributed by atoms with van der Waals surface area (Å²) < 4.78 is 0. The van der Waals surface area contributed by atoms with Gasteiger partial charge in [-0.1, -0.05) is 44.2 Å². The van der Waals surface area contributed by atoms with E-state index in [2.05, 4.69) is 5.32 Å². The fraction of sp³-hybridized carbons (Fsp3) is 0.632. The van der Waals surface area contributed by atoms with Gasteiger partial charge in [0.15, 0.2) is 0 Å². The van der Waals surface area contributed by atoms with E-state index in [4.69, 9.17) is 0 Å². The Morgan fingerprint density at radius 2 is 1.87 bits per heavy atom. The van der Waals surface area contributed by atoms with Gasteiger partial charge in [-0.2, -0.15) is 0 Å². The molecule has 3 N–H and O–H groups in total. The summed E-state index contributed by atoms with van der Waals surface area (Å²) in [6.07, 6.45) is 6.87. The molecule has 4 nitrogen and oxygen atoms in total. The van der Waals surface area contributed by atoms with Crippen LogP contribution in [0.1, 0.15) is 63.5 Å². The van der Waals surface area contributed by atoms with Crippen molar-refractivity contribution < 1.29 is 15.0 Å². The first-order chi connectivity index (χ1) is 11.1. The molecule has 1 fully saturated rings. The van der Waals surface area contributed by atoms with Crippen LogP contribution in [0.15, 0.2) is 24.3 Å². The molecular formula is C19H29NO3. The number of hydrogen-bond donors (Lipinski definition) is 3. The molecule has 1 aliphatic carbocycles. The van der Waals surface area contributed by atoms with E-state index < -0.39 is 6.10 Å². The Morgan fingerprint density at radius 1 is 1.22 bits per heavy atom. The molecule has 0 saturated heterocycles. The highest BCUT2D eigenvalue weighted by molar-refractivity contribution is 5.78. The third-order valence-electron chi connectivity index (χ3n) is 4.82. The maximum atomic E-state index is 12.0. The van der Waals surface area contributed by atoms with Crippen molar-refractivity contribution in [3.05, 3.63) is 29.8 Å². The zero-order valence-electron chi connectivity index (χ0n) is 14.0. The molecule has 0 aliphatic heterocycles. The molecule has 0 spiro atoms. The number of aliphatic hydroxyl groups excluding tert-OH is 1. The number of phenolic OH excluding ortho intramolecular Hbond substituents is 1. The van der Waals surface area contributed by atoms with Crippen LogP contribution in [0, 0.1) is 5.92 Å². The van der Waals surface area contributed by atoms with Gasteiger partial charge < -0.3 is 15.5 Å². The number of aliphatic hydroxyl groups is 1. The summed E-state index contributed by atoms with van der Waals surface area (Å²) in [7, 11) is 0. The van der Waals surface area contributed by atoms with Crippen LogP contribution in [0.2, 0.25) is 0 Å². The Labute approximate surface area is 138 Å². The highest BCUT2D eigenvalue weighted by atomic mass is 16.3. The molecule has 2 atom stereocenters. The molecule has 128 valence electrons. The lowest BCUT2D eigenvalue weighted by Crippen LogP contribution is -2.33. The number of rotatable bonds is 8. The molecule has 0 aromatic heterocycles. The van der Waals surface area contributed by atoms with Gasteiger partial charge >= 0.3 is 0 Å². The van der Waals surface area contributed by atoms with Crippen LogP contribution in [0.5, 0.6) is 5.75 Å². The van der Waals surface area contributed by atoms with E-state index in [0.717, 1.165) is 12.0 Å². The van der Waals surface area contributed by atoms with Crippen LogP contribution in [0.3, 0.4) is 0 Å². The summed E-state index contributed by atoms with van der Waals surface area (Å²) in [5.41, 5.74) is 0.760. The predicted octanol–water partition coefficient (Wildman–Crippen LogP) is 3.33. The monoisotopic (exact) mass is 319 g/mol. The van der Waals surface area contributed by atoms with Crippen molar-refractivity contribution in [3.63, 3.8) is 0 Å². The summed E-state index contributed by atoms with van der Waals surface area (Å²) in [5, 5.41) is 22.8. The van der Waals surface area contributed by atoms with Crippen LogP contribution in [0.25, 0.3) is 0 Å². The Kier molecular flexibility index (Phi) is 7.06. The zero-order valence-corrected chi connectivity index (χ0v) is 14.0. The Bertz CT molecular complexity index is 480. The molecule has 23 heavy (non-hydrogen) atoms. The lowest BCUT2D eigenvalue weighted by Gasteiger charge is -2.22.